The highest BCUT2D eigenvalue weighted by Crippen LogP contribution is 2.37. The van der Waals surface area contributed by atoms with E-state index in [4.69, 9.17) is 25.8 Å². The number of amides is 3. The van der Waals surface area contributed by atoms with Crippen LogP contribution in [0.1, 0.15) is 19.4 Å². The summed E-state index contributed by atoms with van der Waals surface area (Å²) < 4.78 is 15.6. The summed E-state index contributed by atoms with van der Waals surface area (Å²) in [6.45, 7) is 3.14. The molecule has 0 atom stereocenters. The van der Waals surface area contributed by atoms with Crippen LogP contribution in [0.2, 0.25) is 5.02 Å². The Morgan fingerprint density at radius 2 is 1.96 bits per heavy atom. The van der Waals surface area contributed by atoms with E-state index in [-0.39, 0.29) is 6.10 Å². The topological polar surface area (TPSA) is 103 Å². The fraction of sp³-hybridized carbons (Fsp3) is 0.353. The van der Waals surface area contributed by atoms with Gasteiger partial charge >= 0.3 is 12.0 Å². The Morgan fingerprint density at radius 1 is 1.27 bits per heavy atom. The highest BCUT2D eigenvalue weighted by atomic mass is 35.5. The van der Waals surface area contributed by atoms with Crippen LogP contribution in [0, 0.1) is 0 Å². The van der Waals surface area contributed by atoms with Gasteiger partial charge in [-0.05, 0) is 37.6 Å². The van der Waals surface area contributed by atoms with Gasteiger partial charge in [-0.1, -0.05) is 11.6 Å². The van der Waals surface area contributed by atoms with E-state index in [0.29, 0.717) is 22.1 Å². The number of hydrogen-bond donors (Lipinski definition) is 2. The second-order valence-corrected chi connectivity index (χ2v) is 5.68. The van der Waals surface area contributed by atoms with Gasteiger partial charge in [0.1, 0.15) is 0 Å². The Bertz CT molecular complexity index is 703. The second-order valence-electron chi connectivity index (χ2n) is 5.27. The maximum Gasteiger partial charge on any atom is 0.331 e. The average Bonchev–Trinajstić information content (AvgIpc) is 2.59. The van der Waals surface area contributed by atoms with Crippen LogP contribution in [0.25, 0.3) is 6.08 Å². The smallest absolute Gasteiger partial charge is 0.331 e. The molecule has 0 bridgehead atoms. The molecule has 0 aliphatic rings. The largest absolute Gasteiger partial charge is 0.493 e. The molecule has 3 amide bonds. The SMILES string of the molecule is CNC(=O)NC(=O)COC(=O)/C=C/c1cc(Cl)c(OC(C)C)c(OC)c1. The number of carbonyl (C=O) groups excluding carboxylic acids is 3. The maximum absolute atomic E-state index is 11.6. The third-order valence-electron chi connectivity index (χ3n) is 2.84. The lowest BCUT2D eigenvalue weighted by Gasteiger charge is -2.15. The molecule has 1 aromatic carbocycles. The maximum atomic E-state index is 11.6. The molecule has 1 rings (SSSR count). The van der Waals surface area contributed by atoms with Gasteiger partial charge < -0.3 is 19.5 Å². The number of urea groups is 1. The number of carbonyl (C=O) groups is 3. The molecule has 142 valence electrons. The van der Waals surface area contributed by atoms with Gasteiger partial charge in [0, 0.05) is 13.1 Å². The summed E-state index contributed by atoms with van der Waals surface area (Å²) in [6, 6.07) is 2.56. The first-order valence-corrected chi connectivity index (χ1v) is 8.05. The molecule has 0 radical (unpaired) electrons. The van der Waals surface area contributed by atoms with Crippen molar-refractivity contribution in [2.45, 2.75) is 20.0 Å². The minimum Gasteiger partial charge on any atom is -0.493 e. The number of rotatable bonds is 7. The molecule has 0 heterocycles. The van der Waals surface area contributed by atoms with E-state index in [2.05, 4.69) is 5.32 Å². The zero-order valence-corrected chi connectivity index (χ0v) is 15.7. The molecular formula is C17H21ClN2O6. The van der Waals surface area contributed by atoms with E-state index < -0.39 is 24.5 Å². The predicted octanol–water partition coefficient (Wildman–Crippen LogP) is 2.15. The minimum atomic E-state index is -0.755. The highest BCUT2D eigenvalue weighted by Gasteiger charge is 2.13. The van der Waals surface area contributed by atoms with Gasteiger partial charge in [0.2, 0.25) is 0 Å². The van der Waals surface area contributed by atoms with Gasteiger partial charge in [-0.15, -0.1) is 0 Å². The van der Waals surface area contributed by atoms with Gasteiger partial charge in [0.15, 0.2) is 18.1 Å². The van der Waals surface area contributed by atoms with Crippen LogP contribution in [0.5, 0.6) is 11.5 Å². The van der Waals surface area contributed by atoms with Crippen LogP contribution >= 0.6 is 11.6 Å². The summed E-state index contributed by atoms with van der Waals surface area (Å²) in [6.07, 6.45) is 2.49. The molecule has 0 aliphatic heterocycles. The lowest BCUT2D eigenvalue weighted by Crippen LogP contribution is -2.39. The summed E-state index contributed by atoms with van der Waals surface area (Å²) in [7, 11) is 2.83. The number of methoxy groups -OCH3 is 1. The fourth-order valence-corrected chi connectivity index (χ4v) is 2.02. The van der Waals surface area contributed by atoms with Crippen LogP contribution in [0.15, 0.2) is 18.2 Å². The molecule has 0 fully saturated rings. The van der Waals surface area contributed by atoms with Gasteiger partial charge in [0.25, 0.3) is 5.91 Å². The van der Waals surface area contributed by atoms with Crippen molar-refractivity contribution in [2.75, 3.05) is 20.8 Å². The normalized spacial score (nSPS) is 10.5. The van der Waals surface area contributed by atoms with Crippen molar-refractivity contribution in [3.8, 4) is 11.5 Å². The third-order valence-corrected chi connectivity index (χ3v) is 3.12. The number of ether oxygens (including phenoxy) is 3. The first kappa shape index (κ1) is 21.3. The van der Waals surface area contributed by atoms with Gasteiger partial charge in [-0.2, -0.15) is 0 Å². The Hall–Kier alpha value is -2.74. The van der Waals surface area contributed by atoms with Crippen molar-refractivity contribution in [2.24, 2.45) is 0 Å². The molecule has 0 aliphatic carbocycles. The number of halogens is 1. The molecule has 0 spiro atoms. The van der Waals surface area contributed by atoms with Crippen LogP contribution in [0.3, 0.4) is 0 Å². The predicted molar refractivity (Wildman–Crippen MR) is 96.4 cm³/mol. The summed E-state index contributed by atoms with van der Waals surface area (Å²) in [4.78, 5) is 33.9. The number of benzene rings is 1. The number of imide groups is 1. The third kappa shape index (κ3) is 7.02. The lowest BCUT2D eigenvalue weighted by atomic mass is 10.2. The van der Waals surface area contributed by atoms with Crippen molar-refractivity contribution in [1.82, 2.24) is 10.6 Å². The summed E-state index contributed by atoms with van der Waals surface area (Å²) in [5, 5.41) is 4.50. The first-order valence-electron chi connectivity index (χ1n) is 7.67. The lowest BCUT2D eigenvalue weighted by molar-refractivity contribution is -0.143. The monoisotopic (exact) mass is 384 g/mol. The zero-order chi connectivity index (χ0) is 19.7. The van der Waals surface area contributed by atoms with E-state index in [1.54, 1.807) is 12.1 Å². The summed E-state index contributed by atoms with van der Waals surface area (Å²) in [5.41, 5.74) is 0.578. The van der Waals surface area contributed by atoms with E-state index in [1.165, 1.54) is 20.2 Å². The quantitative estimate of drug-likeness (QED) is 0.551. The molecule has 0 saturated carbocycles. The molecule has 1 aromatic rings. The van der Waals surface area contributed by atoms with Gasteiger partial charge in [-0.3, -0.25) is 10.1 Å². The van der Waals surface area contributed by atoms with Crippen LogP contribution in [-0.2, 0) is 14.3 Å². The van der Waals surface area contributed by atoms with Crippen LogP contribution < -0.4 is 20.1 Å². The first-order chi connectivity index (χ1) is 12.3. The Kier molecular flexibility index (Phi) is 8.44. The highest BCUT2D eigenvalue weighted by molar-refractivity contribution is 6.32. The zero-order valence-electron chi connectivity index (χ0n) is 14.9. The molecule has 2 N–H and O–H groups in total. The van der Waals surface area contributed by atoms with Crippen molar-refractivity contribution >= 4 is 35.6 Å². The van der Waals surface area contributed by atoms with Crippen molar-refractivity contribution in [3.63, 3.8) is 0 Å². The molecule has 26 heavy (non-hydrogen) atoms. The Labute approximate surface area is 156 Å². The number of esters is 1. The number of nitrogens with one attached hydrogen (secondary N) is 2. The molecule has 0 saturated heterocycles. The Balaban J connectivity index is 2.72. The van der Waals surface area contributed by atoms with Crippen molar-refractivity contribution in [3.05, 3.63) is 28.8 Å². The van der Waals surface area contributed by atoms with E-state index >= 15 is 0 Å². The van der Waals surface area contributed by atoms with Crippen molar-refractivity contribution < 1.29 is 28.6 Å². The van der Waals surface area contributed by atoms with E-state index in [9.17, 15) is 14.4 Å². The standard InChI is InChI=1S/C17H21ClN2O6/c1-10(2)26-16-12(18)7-11(8-13(16)24-4)5-6-15(22)25-9-14(21)20-17(23)19-3/h5-8,10H,9H2,1-4H3,(H2,19,20,21,23)/b6-5+. The average molecular weight is 385 g/mol. The number of hydrogen-bond acceptors (Lipinski definition) is 6. The molecular weight excluding hydrogens is 364 g/mol. The summed E-state index contributed by atoms with van der Waals surface area (Å²) >= 11 is 6.19. The molecule has 8 nitrogen and oxygen atoms in total. The van der Waals surface area contributed by atoms with Crippen molar-refractivity contribution in [1.29, 1.82) is 0 Å². The molecule has 0 unspecified atom stereocenters. The summed E-state index contributed by atoms with van der Waals surface area (Å²) in [5.74, 6) is -0.667. The molecule has 9 heteroatoms. The second kappa shape index (κ2) is 10.3. The van der Waals surface area contributed by atoms with Gasteiger partial charge in [0.05, 0.1) is 18.2 Å². The van der Waals surface area contributed by atoms with E-state index in [1.807, 2.05) is 19.2 Å². The van der Waals surface area contributed by atoms with E-state index in [0.717, 1.165) is 6.08 Å². The van der Waals surface area contributed by atoms with Gasteiger partial charge in [-0.25, -0.2) is 9.59 Å². The Morgan fingerprint density at radius 3 is 2.54 bits per heavy atom. The minimum absolute atomic E-state index is 0.0845. The van der Waals surface area contributed by atoms with Crippen LogP contribution in [0.4, 0.5) is 4.79 Å². The van der Waals surface area contributed by atoms with Crippen LogP contribution in [-0.4, -0.2) is 44.8 Å². The fourth-order valence-electron chi connectivity index (χ4n) is 1.76. The molecule has 0 aromatic heterocycles.